The van der Waals surface area contributed by atoms with Gasteiger partial charge in [-0.15, -0.1) is 0 Å². The van der Waals surface area contributed by atoms with Gasteiger partial charge in [-0.05, 0) is 31.0 Å². The third-order valence-electron chi connectivity index (χ3n) is 3.58. The molecule has 0 saturated carbocycles. The fourth-order valence-electron chi connectivity index (χ4n) is 2.43. The Morgan fingerprint density at radius 1 is 1.37 bits per heavy atom. The molecule has 19 heavy (non-hydrogen) atoms. The molecule has 0 amide bonds. The molecule has 1 aliphatic heterocycles. The number of ether oxygens (including phenoxy) is 1. The molecule has 2 N–H and O–H groups in total. The fourth-order valence-corrected chi connectivity index (χ4v) is 2.43. The van der Waals surface area contributed by atoms with E-state index < -0.39 is 23.6 Å². The first-order chi connectivity index (χ1) is 8.80. The van der Waals surface area contributed by atoms with Gasteiger partial charge in [0.2, 0.25) is 0 Å². The van der Waals surface area contributed by atoms with Gasteiger partial charge in [0, 0.05) is 18.6 Å². The van der Waals surface area contributed by atoms with Gasteiger partial charge in [0.05, 0.1) is 11.7 Å². The maximum atomic E-state index is 13.2. The molecular weight excluding hydrogens is 262 g/mol. The van der Waals surface area contributed by atoms with E-state index in [4.69, 9.17) is 10.5 Å². The number of benzene rings is 1. The van der Waals surface area contributed by atoms with Crippen molar-refractivity contribution in [1.29, 1.82) is 0 Å². The van der Waals surface area contributed by atoms with Gasteiger partial charge in [0.25, 0.3) is 0 Å². The van der Waals surface area contributed by atoms with Crippen LogP contribution >= 0.6 is 0 Å². The van der Waals surface area contributed by atoms with Crippen LogP contribution in [0.1, 0.15) is 30.5 Å². The van der Waals surface area contributed by atoms with Gasteiger partial charge in [-0.2, -0.15) is 13.2 Å². The third-order valence-corrected chi connectivity index (χ3v) is 3.58. The molecule has 1 aliphatic rings. The van der Waals surface area contributed by atoms with Gasteiger partial charge >= 0.3 is 6.18 Å². The van der Waals surface area contributed by atoms with Crippen LogP contribution in [0.25, 0.3) is 0 Å². The Hall–Kier alpha value is -1.14. The predicted molar refractivity (Wildman–Crippen MR) is 61.9 cm³/mol. The van der Waals surface area contributed by atoms with Crippen LogP contribution in [-0.4, -0.2) is 12.7 Å². The minimum atomic E-state index is -4.71. The molecule has 0 bridgehead atoms. The summed E-state index contributed by atoms with van der Waals surface area (Å²) in [4.78, 5) is 0. The highest BCUT2D eigenvalue weighted by Gasteiger charge is 2.36. The zero-order valence-corrected chi connectivity index (χ0v) is 10.4. The lowest BCUT2D eigenvalue weighted by atomic mass is 9.88. The largest absolute Gasteiger partial charge is 0.419 e. The Morgan fingerprint density at radius 2 is 2.05 bits per heavy atom. The molecule has 106 valence electrons. The molecule has 3 unspecified atom stereocenters. The van der Waals surface area contributed by atoms with Gasteiger partial charge in [0.1, 0.15) is 5.82 Å². The highest BCUT2D eigenvalue weighted by molar-refractivity contribution is 5.30. The van der Waals surface area contributed by atoms with Crippen LogP contribution in [0.2, 0.25) is 0 Å². The number of halogens is 4. The number of rotatable bonds is 2. The minimum absolute atomic E-state index is 0.0495. The molecule has 0 radical (unpaired) electrons. The molecule has 1 fully saturated rings. The van der Waals surface area contributed by atoms with E-state index in [0.717, 1.165) is 12.1 Å². The van der Waals surface area contributed by atoms with Crippen molar-refractivity contribution in [3.63, 3.8) is 0 Å². The molecule has 0 aliphatic carbocycles. The minimum Gasteiger partial charge on any atom is -0.378 e. The van der Waals surface area contributed by atoms with Crippen molar-refractivity contribution < 1.29 is 22.3 Å². The normalized spacial score (nSPS) is 25.6. The molecule has 1 saturated heterocycles. The molecule has 1 aromatic rings. The van der Waals surface area contributed by atoms with E-state index in [2.05, 4.69) is 0 Å². The van der Waals surface area contributed by atoms with Gasteiger partial charge in [0.15, 0.2) is 0 Å². The summed E-state index contributed by atoms with van der Waals surface area (Å²) in [6.45, 7) is 2.39. The Labute approximate surface area is 108 Å². The molecule has 1 heterocycles. The van der Waals surface area contributed by atoms with Crippen LogP contribution in [0.5, 0.6) is 0 Å². The second kappa shape index (κ2) is 5.09. The zero-order chi connectivity index (χ0) is 14.2. The van der Waals surface area contributed by atoms with Crippen molar-refractivity contribution in [3.05, 3.63) is 35.1 Å². The maximum absolute atomic E-state index is 13.2. The maximum Gasteiger partial charge on any atom is 0.419 e. The zero-order valence-electron chi connectivity index (χ0n) is 10.4. The van der Waals surface area contributed by atoms with Crippen molar-refractivity contribution in [3.8, 4) is 0 Å². The summed E-state index contributed by atoms with van der Waals surface area (Å²) in [5, 5.41) is 0. The van der Waals surface area contributed by atoms with Crippen molar-refractivity contribution in [2.75, 3.05) is 6.61 Å². The topological polar surface area (TPSA) is 35.2 Å². The first kappa shape index (κ1) is 14.3. The quantitative estimate of drug-likeness (QED) is 0.842. The van der Waals surface area contributed by atoms with Crippen LogP contribution in [0.15, 0.2) is 18.2 Å². The number of nitrogens with two attached hydrogens (primary N) is 1. The fraction of sp³-hybridized carbons (Fsp3) is 0.538. The second-order valence-corrected chi connectivity index (χ2v) is 4.79. The Kier molecular flexibility index (Phi) is 3.82. The Morgan fingerprint density at radius 3 is 2.58 bits per heavy atom. The van der Waals surface area contributed by atoms with Gasteiger partial charge in [-0.25, -0.2) is 4.39 Å². The molecule has 2 nitrogen and oxygen atoms in total. The predicted octanol–water partition coefficient (Wildman–Crippen LogP) is 3.27. The van der Waals surface area contributed by atoms with Crippen LogP contribution in [0, 0.1) is 11.7 Å². The first-order valence-electron chi connectivity index (χ1n) is 6.04. The highest BCUT2D eigenvalue weighted by Crippen LogP contribution is 2.36. The van der Waals surface area contributed by atoms with Crippen molar-refractivity contribution in [2.24, 2.45) is 11.7 Å². The lowest BCUT2D eigenvalue weighted by Crippen LogP contribution is -2.27. The lowest BCUT2D eigenvalue weighted by Gasteiger charge is -2.23. The van der Waals surface area contributed by atoms with E-state index >= 15 is 0 Å². The number of hydrogen-bond donors (Lipinski definition) is 1. The van der Waals surface area contributed by atoms with Gasteiger partial charge < -0.3 is 10.5 Å². The monoisotopic (exact) mass is 277 g/mol. The van der Waals surface area contributed by atoms with E-state index in [9.17, 15) is 17.6 Å². The smallest absolute Gasteiger partial charge is 0.378 e. The summed E-state index contributed by atoms with van der Waals surface area (Å²) in [5.41, 5.74) is 5.00. The average Bonchev–Trinajstić information content (AvgIpc) is 2.73. The summed E-state index contributed by atoms with van der Waals surface area (Å²) in [7, 11) is 0. The van der Waals surface area contributed by atoms with Crippen LogP contribution in [0.4, 0.5) is 17.6 Å². The van der Waals surface area contributed by atoms with E-state index in [1.807, 2.05) is 6.92 Å². The molecule has 1 aromatic carbocycles. The van der Waals surface area contributed by atoms with Crippen molar-refractivity contribution >= 4 is 0 Å². The standard InChI is InChI=1S/C13H15F4NO/c1-7-9(4-5-19-7)12(18)8-2-3-11(14)10(6-8)13(15,16)17/h2-3,6-7,9,12H,4-5,18H2,1H3. The summed E-state index contributed by atoms with van der Waals surface area (Å²) in [5.74, 6) is -1.33. The molecule has 2 rings (SSSR count). The van der Waals surface area contributed by atoms with Crippen LogP contribution < -0.4 is 5.73 Å². The molecular formula is C13H15F4NO. The van der Waals surface area contributed by atoms with Crippen LogP contribution in [0.3, 0.4) is 0 Å². The highest BCUT2D eigenvalue weighted by atomic mass is 19.4. The summed E-state index contributed by atoms with van der Waals surface area (Å²) in [6.07, 6.45) is -4.12. The number of hydrogen-bond acceptors (Lipinski definition) is 2. The Balaban J connectivity index is 2.30. The molecule has 0 aromatic heterocycles. The third kappa shape index (κ3) is 2.90. The number of alkyl halides is 3. The Bertz CT molecular complexity index is 460. The van der Waals surface area contributed by atoms with Gasteiger partial charge in [-0.1, -0.05) is 6.07 Å². The SMILES string of the molecule is CC1OCCC1C(N)c1ccc(F)c(C(F)(F)F)c1. The van der Waals surface area contributed by atoms with Gasteiger partial charge in [-0.3, -0.25) is 0 Å². The molecule has 6 heteroatoms. The van der Waals surface area contributed by atoms with Crippen molar-refractivity contribution in [1.82, 2.24) is 0 Å². The van der Waals surface area contributed by atoms with E-state index in [-0.39, 0.29) is 17.6 Å². The lowest BCUT2D eigenvalue weighted by molar-refractivity contribution is -0.140. The average molecular weight is 277 g/mol. The molecule has 3 atom stereocenters. The summed E-state index contributed by atoms with van der Waals surface area (Å²) < 4.78 is 56.5. The second-order valence-electron chi connectivity index (χ2n) is 4.79. The summed E-state index contributed by atoms with van der Waals surface area (Å²) in [6, 6.07) is 2.34. The van der Waals surface area contributed by atoms with Crippen LogP contribution in [-0.2, 0) is 10.9 Å². The van der Waals surface area contributed by atoms with E-state index in [1.165, 1.54) is 6.07 Å². The summed E-state index contributed by atoms with van der Waals surface area (Å²) >= 11 is 0. The molecule has 0 spiro atoms. The van der Waals surface area contributed by atoms with E-state index in [0.29, 0.717) is 13.0 Å². The van der Waals surface area contributed by atoms with E-state index in [1.54, 1.807) is 0 Å². The van der Waals surface area contributed by atoms with Crippen molar-refractivity contribution in [2.45, 2.75) is 31.7 Å². The first-order valence-corrected chi connectivity index (χ1v) is 6.04.